The lowest BCUT2D eigenvalue weighted by Crippen LogP contribution is -2.54. The molecule has 37 heavy (non-hydrogen) atoms. The average molecular weight is 509 g/mol. The van der Waals surface area contributed by atoms with Gasteiger partial charge in [-0.25, -0.2) is 4.79 Å². The molecule has 1 aliphatic heterocycles. The Kier molecular flexibility index (Phi) is 8.42. The molecule has 1 fully saturated rings. The molecule has 2 aliphatic carbocycles. The third kappa shape index (κ3) is 6.63. The Balaban J connectivity index is 1.69. The number of carboxylic acid groups (broad SMARTS) is 1. The maximum Gasteiger partial charge on any atom is 0.407 e. The van der Waals surface area contributed by atoms with Crippen LogP contribution in [0.2, 0.25) is 0 Å². The fraction of sp³-hybridized carbons (Fsp3) is 0.533. The van der Waals surface area contributed by atoms with Crippen LogP contribution >= 0.6 is 0 Å². The fourth-order valence-electron chi connectivity index (χ4n) is 4.77. The van der Waals surface area contributed by atoms with Crippen LogP contribution in [0.5, 0.6) is 0 Å². The second kappa shape index (κ2) is 11.5. The SMILES string of the molecule is CCCCOC1=C2C(=O)C(OCc3ccccc3)C=CC2=CN(CC2CC2)C1CN(C(=O)O)C(C)(C)C. The lowest BCUT2D eigenvalue weighted by Gasteiger charge is -2.43. The third-order valence-electron chi connectivity index (χ3n) is 7.09. The van der Waals surface area contributed by atoms with Gasteiger partial charge in [-0.15, -0.1) is 0 Å². The molecule has 0 saturated heterocycles. The van der Waals surface area contributed by atoms with E-state index < -0.39 is 17.7 Å². The van der Waals surface area contributed by atoms with Crippen LogP contribution in [0.15, 0.2) is 65.6 Å². The van der Waals surface area contributed by atoms with Crippen LogP contribution in [-0.2, 0) is 20.9 Å². The van der Waals surface area contributed by atoms with E-state index in [1.165, 1.54) is 17.7 Å². The summed E-state index contributed by atoms with van der Waals surface area (Å²) in [5.74, 6) is 1.02. The first-order valence-corrected chi connectivity index (χ1v) is 13.4. The largest absolute Gasteiger partial charge is 0.495 e. The summed E-state index contributed by atoms with van der Waals surface area (Å²) in [5.41, 5.74) is 1.73. The summed E-state index contributed by atoms with van der Waals surface area (Å²) in [5, 5.41) is 10.1. The number of rotatable bonds is 11. The fourth-order valence-corrected chi connectivity index (χ4v) is 4.77. The summed E-state index contributed by atoms with van der Waals surface area (Å²) in [6.45, 7) is 9.61. The molecular formula is C30H40N2O5. The number of amides is 1. The van der Waals surface area contributed by atoms with E-state index in [0.29, 0.717) is 30.5 Å². The minimum Gasteiger partial charge on any atom is -0.495 e. The molecule has 1 amide bonds. The first-order chi connectivity index (χ1) is 17.7. The topological polar surface area (TPSA) is 79.3 Å². The lowest BCUT2D eigenvalue weighted by atomic mass is 9.86. The van der Waals surface area contributed by atoms with Crippen molar-refractivity contribution in [1.29, 1.82) is 0 Å². The van der Waals surface area contributed by atoms with Crippen molar-refractivity contribution < 1.29 is 24.2 Å². The van der Waals surface area contributed by atoms with Crippen LogP contribution in [0.4, 0.5) is 4.79 Å². The molecule has 0 radical (unpaired) electrons. The van der Waals surface area contributed by atoms with Gasteiger partial charge in [-0.3, -0.25) is 4.79 Å². The predicted molar refractivity (Wildman–Crippen MR) is 143 cm³/mol. The summed E-state index contributed by atoms with van der Waals surface area (Å²) < 4.78 is 12.4. The minimum atomic E-state index is -0.981. The van der Waals surface area contributed by atoms with Crippen molar-refractivity contribution in [2.75, 3.05) is 19.7 Å². The number of carbonyl (C=O) groups excluding carboxylic acids is 1. The van der Waals surface area contributed by atoms with Crippen molar-refractivity contribution in [3.63, 3.8) is 0 Å². The molecule has 0 spiro atoms. The van der Waals surface area contributed by atoms with Gasteiger partial charge in [-0.1, -0.05) is 49.8 Å². The summed E-state index contributed by atoms with van der Waals surface area (Å²) in [4.78, 5) is 29.8. The zero-order valence-electron chi connectivity index (χ0n) is 22.5. The van der Waals surface area contributed by atoms with Crippen LogP contribution in [-0.4, -0.2) is 64.2 Å². The summed E-state index contributed by atoms with van der Waals surface area (Å²) in [6, 6.07) is 9.41. The van der Waals surface area contributed by atoms with Crippen molar-refractivity contribution >= 4 is 11.9 Å². The highest BCUT2D eigenvalue weighted by Crippen LogP contribution is 2.38. The Hall–Kier alpha value is -3.06. The van der Waals surface area contributed by atoms with E-state index in [2.05, 4.69) is 11.8 Å². The number of allylic oxidation sites excluding steroid dienone is 2. The minimum absolute atomic E-state index is 0.134. The smallest absolute Gasteiger partial charge is 0.407 e. The first kappa shape index (κ1) is 27.0. The molecule has 1 aromatic rings. The molecule has 1 saturated carbocycles. The highest BCUT2D eigenvalue weighted by Gasteiger charge is 2.42. The summed E-state index contributed by atoms with van der Waals surface area (Å²) in [6.07, 6.45) is 8.24. The van der Waals surface area contributed by atoms with Crippen molar-refractivity contribution in [3.05, 3.63) is 71.2 Å². The van der Waals surface area contributed by atoms with Crippen LogP contribution in [0.3, 0.4) is 0 Å². The Morgan fingerprint density at radius 1 is 1.19 bits per heavy atom. The highest BCUT2D eigenvalue weighted by atomic mass is 16.5. The molecule has 4 rings (SSSR count). The molecule has 1 aromatic carbocycles. The van der Waals surface area contributed by atoms with Crippen LogP contribution in [0.25, 0.3) is 0 Å². The van der Waals surface area contributed by atoms with E-state index in [-0.39, 0.29) is 18.4 Å². The molecule has 7 nitrogen and oxygen atoms in total. The van der Waals surface area contributed by atoms with Crippen molar-refractivity contribution in [2.45, 2.75) is 77.7 Å². The number of ketones is 1. The molecule has 200 valence electrons. The standard InChI is InChI=1S/C30H40N2O5/c1-5-6-16-36-28-24(19-32(29(34)35)30(2,3)4)31(17-21-12-13-21)18-23-14-15-25(27(33)26(23)28)37-20-22-10-8-7-9-11-22/h7-11,14-15,18,21,24-25H,5-6,12-13,16-17,19-20H2,1-4H3,(H,34,35). The molecule has 0 bridgehead atoms. The summed E-state index contributed by atoms with van der Waals surface area (Å²) in [7, 11) is 0. The number of hydrogen-bond acceptors (Lipinski definition) is 5. The van der Waals surface area contributed by atoms with Gasteiger partial charge < -0.3 is 24.4 Å². The molecule has 0 aromatic heterocycles. The van der Waals surface area contributed by atoms with E-state index in [1.54, 1.807) is 0 Å². The lowest BCUT2D eigenvalue weighted by molar-refractivity contribution is -0.125. The number of ether oxygens (including phenoxy) is 2. The van der Waals surface area contributed by atoms with Gasteiger partial charge in [-0.05, 0) is 57.6 Å². The van der Waals surface area contributed by atoms with E-state index in [9.17, 15) is 14.7 Å². The zero-order valence-corrected chi connectivity index (χ0v) is 22.5. The number of nitrogens with zero attached hydrogens (tertiary/aromatic N) is 2. The van der Waals surface area contributed by atoms with Crippen LogP contribution in [0.1, 0.15) is 58.9 Å². The van der Waals surface area contributed by atoms with E-state index in [1.807, 2.05) is 69.5 Å². The van der Waals surface area contributed by atoms with Gasteiger partial charge in [0.15, 0.2) is 5.78 Å². The Morgan fingerprint density at radius 3 is 2.54 bits per heavy atom. The van der Waals surface area contributed by atoms with E-state index in [4.69, 9.17) is 9.47 Å². The number of Topliss-reactive ketones (excluding diaryl/α,β-unsaturated/α-hetero) is 1. The molecular weight excluding hydrogens is 468 g/mol. The highest BCUT2D eigenvalue weighted by molar-refractivity contribution is 6.06. The van der Waals surface area contributed by atoms with Crippen molar-refractivity contribution in [2.24, 2.45) is 5.92 Å². The third-order valence-corrected chi connectivity index (χ3v) is 7.09. The first-order valence-electron chi connectivity index (χ1n) is 13.4. The second-order valence-electron chi connectivity index (χ2n) is 11.2. The van der Waals surface area contributed by atoms with Gasteiger partial charge >= 0.3 is 6.09 Å². The molecule has 1 heterocycles. The average Bonchev–Trinajstić information content (AvgIpc) is 3.66. The quantitative estimate of drug-likeness (QED) is 0.396. The summed E-state index contributed by atoms with van der Waals surface area (Å²) >= 11 is 0. The van der Waals surface area contributed by atoms with Crippen LogP contribution < -0.4 is 0 Å². The Bertz CT molecular complexity index is 1070. The number of unbranched alkanes of at least 4 members (excludes halogenated alkanes) is 1. The maximum absolute atomic E-state index is 13.8. The van der Waals surface area contributed by atoms with Crippen molar-refractivity contribution in [3.8, 4) is 0 Å². The Morgan fingerprint density at radius 2 is 1.92 bits per heavy atom. The van der Waals surface area contributed by atoms with E-state index in [0.717, 1.165) is 30.5 Å². The molecule has 2 unspecified atom stereocenters. The van der Waals surface area contributed by atoms with Crippen LogP contribution in [0, 0.1) is 5.92 Å². The van der Waals surface area contributed by atoms with Gasteiger partial charge in [0.05, 0.1) is 25.3 Å². The normalized spacial score (nSPS) is 21.6. The number of fused-ring (bicyclic) bond motifs is 1. The zero-order chi connectivity index (χ0) is 26.6. The molecule has 1 N–H and O–H groups in total. The molecule has 2 atom stereocenters. The van der Waals surface area contributed by atoms with Gasteiger partial charge in [0.1, 0.15) is 17.9 Å². The number of benzene rings is 1. The van der Waals surface area contributed by atoms with Gasteiger partial charge in [0.25, 0.3) is 0 Å². The maximum atomic E-state index is 13.8. The van der Waals surface area contributed by atoms with Gasteiger partial charge in [-0.2, -0.15) is 0 Å². The number of carbonyl (C=O) groups is 2. The monoisotopic (exact) mass is 508 g/mol. The molecule has 7 heteroatoms. The van der Waals surface area contributed by atoms with Gasteiger partial charge in [0.2, 0.25) is 0 Å². The van der Waals surface area contributed by atoms with Gasteiger partial charge in [0, 0.05) is 23.9 Å². The van der Waals surface area contributed by atoms with Crippen molar-refractivity contribution in [1.82, 2.24) is 9.80 Å². The van der Waals surface area contributed by atoms with E-state index >= 15 is 0 Å². The predicted octanol–water partition coefficient (Wildman–Crippen LogP) is 5.54. The number of hydrogen-bond donors (Lipinski definition) is 1. The Labute approximate surface area is 220 Å². The second-order valence-corrected chi connectivity index (χ2v) is 11.2. The molecule has 3 aliphatic rings.